The first-order valence-electron chi connectivity index (χ1n) is 5.31. The van der Waals surface area contributed by atoms with Crippen molar-refractivity contribution in [3.8, 4) is 5.75 Å². The Morgan fingerprint density at radius 3 is 2.65 bits per heavy atom. The molecule has 0 bridgehead atoms. The van der Waals surface area contributed by atoms with Crippen LogP contribution >= 0.6 is 22.4 Å². The first kappa shape index (κ1) is 17.0. The normalized spacial score (nSPS) is 11.3. The fraction of sp³-hybridized carbons (Fsp3) is 0.400. The number of halogens is 2. The van der Waals surface area contributed by atoms with Gasteiger partial charge < -0.3 is 4.74 Å². The van der Waals surface area contributed by atoms with Crippen molar-refractivity contribution in [3.63, 3.8) is 0 Å². The maximum absolute atomic E-state index is 13.8. The second-order valence-corrected chi connectivity index (χ2v) is 7.16. The average molecular weight is 344 g/mol. The number of hydrogen-bond acceptors (Lipinski definition) is 6. The molecule has 1 aromatic rings. The Bertz CT molecular complexity index is 608. The van der Waals surface area contributed by atoms with Crippen LogP contribution < -0.4 is 4.74 Å². The Balaban J connectivity index is 3.18. The van der Waals surface area contributed by atoms with Crippen LogP contribution in [-0.2, 0) is 9.05 Å². The molecule has 0 radical (unpaired) electrons. The summed E-state index contributed by atoms with van der Waals surface area (Å²) in [5.41, 5.74) is -0.710. The highest BCUT2D eigenvalue weighted by Gasteiger charge is 2.25. The highest BCUT2D eigenvalue weighted by atomic mass is 35.7. The topological polar surface area (TPSA) is 86.5 Å². The van der Waals surface area contributed by atoms with Crippen molar-refractivity contribution >= 4 is 37.2 Å². The van der Waals surface area contributed by atoms with Crippen LogP contribution in [0.1, 0.15) is 6.42 Å². The van der Waals surface area contributed by atoms with Gasteiger partial charge in [0.1, 0.15) is 4.90 Å². The molecule has 0 unspecified atom stereocenters. The molecule has 0 N–H and O–H groups in total. The Labute approximate surface area is 123 Å². The van der Waals surface area contributed by atoms with E-state index in [0.717, 1.165) is 5.75 Å². The third-order valence-corrected chi connectivity index (χ3v) is 4.23. The molecule has 0 fully saturated rings. The van der Waals surface area contributed by atoms with E-state index in [2.05, 4.69) is 0 Å². The number of ether oxygens (including phenoxy) is 1. The molecule has 0 saturated carbocycles. The Morgan fingerprint density at radius 1 is 1.50 bits per heavy atom. The smallest absolute Gasteiger partial charge is 0.273 e. The van der Waals surface area contributed by atoms with Gasteiger partial charge in [0, 0.05) is 16.7 Å². The van der Waals surface area contributed by atoms with E-state index in [0.29, 0.717) is 18.6 Å². The number of benzene rings is 1. The standard InChI is InChI=1S/C10H11ClFNO5S2/c1-19-4-2-3-18-10-8(12)5-7(13(14)15)6-9(10)20(11,16)17/h5-6H,2-4H2,1H3. The Morgan fingerprint density at radius 2 is 2.15 bits per heavy atom. The molecule has 0 spiro atoms. The van der Waals surface area contributed by atoms with E-state index in [-0.39, 0.29) is 6.61 Å². The fourth-order valence-corrected chi connectivity index (χ4v) is 2.75. The molecular weight excluding hydrogens is 333 g/mol. The van der Waals surface area contributed by atoms with Gasteiger partial charge in [0.15, 0.2) is 11.6 Å². The lowest BCUT2D eigenvalue weighted by Crippen LogP contribution is -2.06. The summed E-state index contributed by atoms with van der Waals surface area (Å²) in [6.07, 6.45) is 2.44. The SMILES string of the molecule is CSCCCOc1c(F)cc([N+](=O)[O-])cc1S(=O)(=O)Cl. The number of nitrogens with zero attached hydrogens (tertiary/aromatic N) is 1. The van der Waals surface area contributed by atoms with Crippen molar-refractivity contribution in [2.24, 2.45) is 0 Å². The molecule has 10 heteroatoms. The minimum atomic E-state index is -4.36. The van der Waals surface area contributed by atoms with E-state index in [1.165, 1.54) is 0 Å². The lowest BCUT2D eigenvalue weighted by atomic mass is 10.3. The summed E-state index contributed by atoms with van der Waals surface area (Å²) in [6.45, 7) is 0.0784. The number of nitro benzene ring substituents is 1. The second-order valence-electron chi connectivity index (χ2n) is 3.64. The van der Waals surface area contributed by atoms with Crippen LogP contribution in [0.5, 0.6) is 5.75 Å². The summed E-state index contributed by atoms with van der Waals surface area (Å²) in [7, 11) is 0.794. The number of thioether (sulfide) groups is 1. The van der Waals surface area contributed by atoms with E-state index >= 15 is 0 Å². The van der Waals surface area contributed by atoms with Gasteiger partial charge in [0.2, 0.25) is 0 Å². The van der Waals surface area contributed by atoms with Crippen molar-refractivity contribution in [3.05, 3.63) is 28.1 Å². The first-order chi connectivity index (χ1) is 9.27. The van der Waals surface area contributed by atoms with Crippen LogP contribution in [0.4, 0.5) is 10.1 Å². The molecule has 1 aromatic carbocycles. The molecule has 0 atom stereocenters. The maximum atomic E-state index is 13.8. The lowest BCUT2D eigenvalue weighted by Gasteiger charge is -2.10. The van der Waals surface area contributed by atoms with E-state index in [1.54, 1.807) is 11.8 Å². The van der Waals surface area contributed by atoms with Crippen molar-refractivity contribution in [2.75, 3.05) is 18.6 Å². The average Bonchev–Trinajstić information content (AvgIpc) is 2.34. The van der Waals surface area contributed by atoms with Crippen molar-refractivity contribution in [1.82, 2.24) is 0 Å². The summed E-state index contributed by atoms with van der Waals surface area (Å²) in [5, 5.41) is 10.6. The number of rotatable bonds is 7. The zero-order chi connectivity index (χ0) is 15.3. The van der Waals surface area contributed by atoms with Crippen molar-refractivity contribution < 1.29 is 22.5 Å². The van der Waals surface area contributed by atoms with Crippen LogP contribution in [0.3, 0.4) is 0 Å². The number of non-ortho nitro benzene ring substituents is 1. The summed E-state index contributed by atoms with van der Waals surface area (Å²) in [4.78, 5) is 8.95. The summed E-state index contributed by atoms with van der Waals surface area (Å²) in [5.74, 6) is -0.980. The highest BCUT2D eigenvalue weighted by Crippen LogP contribution is 2.33. The second kappa shape index (κ2) is 7.09. The molecule has 0 aliphatic heterocycles. The molecule has 0 saturated heterocycles. The maximum Gasteiger partial charge on any atom is 0.273 e. The molecular formula is C10H11ClFNO5S2. The first-order valence-corrected chi connectivity index (χ1v) is 9.02. The molecule has 6 nitrogen and oxygen atoms in total. The van der Waals surface area contributed by atoms with Gasteiger partial charge in [0.25, 0.3) is 14.7 Å². The molecule has 0 aromatic heterocycles. The van der Waals surface area contributed by atoms with Gasteiger partial charge in [0.05, 0.1) is 17.6 Å². The fourth-order valence-electron chi connectivity index (χ4n) is 1.36. The molecule has 1 rings (SSSR count). The zero-order valence-electron chi connectivity index (χ0n) is 10.3. The Hall–Kier alpha value is -1.06. The zero-order valence-corrected chi connectivity index (χ0v) is 12.7. The Kier molecular flexibility index (Phi) is 6.03. The van der Waals surface area contributed by atoms with Crippen LogP contribution in [0.15, 0.2) is 17.0 Å². The van der Waals surface area contributed by atoms with Gasteiger partial charge in [-0.05, 0) is 18.4 Å². The summed E-state index contributed by atoms with van der Waals surface area (Å²) in [6, 6.07) is 1.27. The third-order valence-electron chi connectivity index (χ3n) is 2.21. The van der Waals surface area contributed by atoms with E-state index in [4.69, 9.17) is 15.4 Å². The lowest BCUT2D eigenvalue weighted by molar-refractivity contribution is -0.385. The predicted molar refractivity (Wildman–Crippen MR) is 74.6 cm³/mol. The number of hydrogen-bond donors (Lipinski definition) is 0. The summed E-state index contributed by atoms with van der Waals surface area (Å²) < 4.78 is 41.5. The molecule has 0 amide bonds. The third kappa shape index (κ3) is 4.50. The predicted octanol–water partition coefficient (Wildman–Crippen LogP) is 2.79. The van der Waals surface area contributed by atoms with E-state index in [9.17, 15) is 22.9 Å². The summed E-state index contributed by atoms with van der Waals surface area (Å²) >= 11 is 1.55. The van der Waals surface area contributed by atoms with Gasteiger partial charge in [-0.15, -0.1) is 0 Å². The van der Waals surface area contributed by atoms with Crippen LogP contribution in [0, 0.1) is 15.9 Å². The minimum Gasteiger partial charge on any atom is -0.489 e. The molecule has 20 heavy (non-hydrogen) atoms. The van der Waals surface area contributed by atoms with Gasteiger partial charge >= 0.3 is 0 Å². The largest absolute Gasteiger partial charge is 0.489 e. The molecule has 0 aliphatic rings. The van der Waals surface area contributed by atoms with Gasteiger partial charge in [-0.25, -0.2) is 12.8 Å². The minimum absolute atomic E-state index is 0.0784. The molecule has 0 aliphatic carbocycles. The van der Waals surface area contributed by atoms with Crippen molar-refractivity contribution in [1.29, 1.82) is 0 Å². The van der Waals surface area contributed by atoms with Crippen molar-refractivity contribution in [2.45, 2.75) is 11.3 Å². The van der Waals surface area contributed by atoms with Crippen LogP contribution in [-0.4, -0.2) is 32.0 Å². The monoisotopic (exact) mass is 343 g/mol. The van der Waals surface area contributed by atoms with Crippen LogP contribution in [0.2, 0.25) is 0 Å². The van der Waals surface area contributed by atoms with Gasteiger partial charge in [-0.3, -0.25) is 10.1 Å². The van der Waals surface area contributed by atoms with Gasteiger partial charge in [-0.1, -0.05) is 0 Å². The van der Waals surface area contributed by atoms with Gasteiger partial charge in [-0.2, -0.15) is 11.8 Å². The molecule has 0 heterocycles. The van der Waals surface area contributed by atoms with E-state index in [1.807, 2.05) is 6.26 Å². The van der Waals surface area contributed by atoms with Crippen LogP contribution in [0.25, 0.3) is 0 Å². The highest BCUT2D eigenvalue weighted by molar-refractivity contribution is 8.13. The van der Waals surface area contributed by atoms with E-state index < -0.39 is 36.1 Å². The number of nitro groups is 1. The quantitative estimate of drug-likeness (QED) is 0.327. The molecule has 112 valence electrons.